The fourth-order valence-corrected chi connectivity index (χ4v) is 2.49. The maximum atomic E-state index is 12.8. The molecule has 1 nitrogen and oxygen atoms in total. The van der Waals surface area contributed by atoms with E-state index in [1.54, 1.807) is 0 Å². The summed E-state index contributed by atoms with van der Waals surface area (Å²) in [7, 11) is 0. The zero-order valence-electron chi connectivity index (χ0n) is 14.4. The van der Waals surface area contributed by atoms with Crippen molar-refractivity contribution in [3.8, 4) is 0 Å². The summed E-state index contributed by atoms with van der Waals surface area (Å²) in [5.74, 6) is 0.171. The molecule has 0 spiro atoms. The molecule has 0 N–H and O–H groups in total. The van der Waals surface area contributed by atoms with Gasteiger partial charge in [-0.1, -0.05) is 53.7 Å². The van der Waals surface area contributed by atoms with Crippen molar-refractivity contribution in [2.75, 3.05) is 0 Å². The number of ketones is 1. The molecule has 1 aromatic carbocycles. The van der Waals surface area contributed by atoms with Crippen molar-refractivity contribution in [1.29, 1.82) is 0 Å². The van der Waals surface area contributed by atoms with E-state index in [0.29, 0.717) is 0 Å². The lowest BCUT2D eigenvalue weighted by Gasteiger charge is -2.31. The SMILES string of the molecule is CC(C)(C)C1=CC(=Cc2cc#ccc2)C=C(C(C)(C)C)C1=O. The Hall–Kier alpha value is -2.07. The van der Waals surface area contributed by atoms with Gasteiger partial charge in [0.25, 0.3) is 0 Å². The lowest BCUT2D eigenvalue weighted by Crippen LogP contribution is -2.27. The zero-order valence-corrected chi connectivity index (χ0v) is 14.4. The molecule has 0 amide bonds. The summed E-state index contributed by atoms with van der Waals surface area (Å²) in [6.07, 6.45) is 6.14. The monoisotopic (exact) mass is 292 g/mol. The first-order valence-corrected chi connectivity index (χ1v) is 7.67. The Labute approximate surface area is 134 Å². The minimum atomic E-state index is -0.169. The van der Waals surface area contributed by atoms with Crippen molar-refractivity contribution in [2.24, 2.45) is 10.8 Å². The second-order valence-electron chi connectivity index (χ2n) is 7.86. The maximum Gasteiger partial charge on any atom is 0.186 e. The highest BCUT2D eigenvalue weighted by molar-refractivity contribution is 6.12. The van der Waals surface area contributed by atoms with Crippen LogP contribution in [0.3, 0.4) is 0 Å². The molecule has 0 bridgehead atoms. The minimum Gasteiger partial charge on any atom is -0.289 e. The number of allylic oxidation sites excluding steroid dienone is 5. The van der Waals surface area contributed by atoms with Crippen LogP contribution in [0, 0.1) is 23.0 Å². The van der Waals surface area contributed by atoms with Crippen molar-refractivity contribution >= 4 is 11.9 Å². The van der Waals surface area contributed by atoms with Gasteiger partial charge in [0, 0.05) is 11.1 Å². The van der Waals surface area contributed by atoms with Crippen LogP contribution in [0.25, 0.3) is 6.08 Å². The number of hydrogen-bond donors (Lipinski definition) is 0. The molecule has 1 heteroatoms. The molecule has 1 aliphatic carbocycles. The Morgan fingerprint density at radius 3 is 1.86 bits per heavy atom. The van der Waals surface area contributed by atoms with Crippen LogP contribution in [0.2, 0.25) is 0 Å². The van der Waals surface area contributed by atoms with Crippen LogP contribution < -0.4 is 0 Å². The van der Waals surface area contributed by atoms with Gasteiger partial charge in [0.2, 0.25) is 0 Å². The van der Waals surface area contributed by atoms with Crippen molar-refractivity contribution in [1.82, 2.24) is 0 Å². The smallest absolute Gasteiger partial charge is 0.186 e. The van der Waals surface area contributed by atoms with Crippen LogP contribution in [-0.4, -0.2) is 5.78 Å². The highest BCUT2D eigenvalue weighted by Gasteiger charge is 2.33. The molecule has 0 saturated carbocycles. The third-order valence-electron chi connectivity index (χ3n) is 3.74. The summed E-state index contributed by atoms with van der Waals surface area (Å²) < 4.78 is 0. The molecule has 22 heavy (non-hydrogen) atoms. The highest BCUT2D eigenvalue weighted by Crippen LogP contribution is 2.39. The van der Waals surface area contributed by atoms with Gasteiger partial charge in [0.1, 0.15) is 0 Å². The number of carbonyl (C=O) groups excluding carboxylic acids is 1. The van der Waals surface area contributed by atoms with Gasteiger partial charge < -0.3 is 0 Å². The number of rotatable bonds is 1. The summed E-state index contributed by atoms with van der Waals surface area (Å²) in [5, 5.41) is 0. The molecule has 0 atom stereocenters. The maximum absolute atomic E-state index is 12.8. The second-order valence-corrected chi connectivity index (χ2v) is 7.86. The molecule has 114 valence electrons. The van der Waals surface area contributed by atoms with Crippen LogP contribution in [0.4, 0.5) is 0 Å². The first-order chi connectivity index (χ1) is 10.1. The fraction of sp³-hybridized carbons (Fsp3) is 0.381. The molecular weight excluding hydrogens is 268 g/mol. The summed E-state index contributed by atoms with van der Waals surface area (Å²) in [4.78, 5) is 12.8. The van der Waals surface area contributed by atoms with E-state index < -0.39 is 0 Å². The van der Waals surface area contributed by atoms with Crippen molar-refractivity contribution in [3.63, 3.8) is 0 Å². The lowest BCUT2D eigenvalue weighted by atomic mass is 9.72. The molecule has 1 aliphatic rings. The van der Waals surface area contributed by atoms with Gasteiger partial charge in [0.15, 0.2) is 5.78 Å². The zero-order chi connectivity index (χ0) is 16.5. The summed E-state index contributed by atoms with van der Waals surface area (Å²) in [6, 6.07) is 11.6. The van der Waals surface area contributed by atoms with Gasteiger partial charge in [0.05, 0.1) is 0 Å². The van der Waals surface area contributed by atoms with Crippen LogP contribution in [0.15, 0.2) is 47.1 Å². The topological polar surface area (TPSA) is 17.1 Å². The highest BCUT2D eigenvalue weighted by atomic mass is 16.1. The van der Waals surface area contributed by atoms with E-state index in [4.69, 9.17) is 0 Å². The normalized spacial score (nSPS) is 15.9. The van der Waals surface area contributed by atoms with Gasteiger partial charge in [-0.3, -0.25) is 4.79 Å². The molecule has 0 aromatic heterocycles. The molecule has 0 saturated heterocycles. The molecule has 0 fully saturated rings. The molecule has 1 aromatic rings. The lowest BCUT2D eigenvalue weighted by molar-refractivity contribution is -0.114. The Morgan fingerprint density at radius 2 is 1.45 bits per heavy atom. The van der Waals surface area contributed by atoms with Crippen molar-refractivity contribution in [3.05, 3.63) is 64.8 Å². The van der Waals surface area contributed by atoms with E-state index in [1.807, 2.05) is 30.4 Å². The van der Waals surface area contributed by atoms with E-state index in [-0.39, 0.29) is 16.6 Å². The van der Waals surface area contributed by atoms with Crippen LogP contribution in [-0.2, 0) is 4.79 Å². The molecule has 0 aliphatic heterocycles. The van der Waals surface area contributed by atoms with Gasteiger partial charge in [-0.2, -0.15) is 0 Å². The van der Waals surface area contributed by atoms with Gasteiger partial charge in [-0.05, 0) is 58.4 Å². The van der Waals surface area contributed by atoms with E-state index in [2.05, 4.69) is 59.8 Å². The van der Waals surface area contributed by atoms with Crippen molar-refractivity contribution < 1.29 is 4.79 Å². The van der Waals surface area contributed by atoms with E-state index in [0.717, 1.165) is 22.3 Å². The van der Waals surface area contributed by atoms with Crippen LogP contribution in [0.1, 0.15) is 47.1 Å². The fourth-order valence-electron chi connectivity index (χ4n) is 2.49. The summed E-state index contributed by atoms with van der Waals surface area (Å²) in [6.45, 7) is 12.5. The Kier molecular flexibility index (Phi) is 4.16. The first-order valence-electron chi connectivity index (χ1n) is 7.67. The standard InChI is InChI=1S/C21H24O/c1-20(2,3)17-13-16(12-15-10-8-7-9-11-15)14-18(19(17)22)21(4,5)6/h8,10-14H,1-6H3. The van der Waals surface area contributed by atoms with Gasteiger partial charge >= 0.3 is 0 Å². The number of carbonyl (C=O) groups is 1. The molecule has 0 heterocycles. The number of hydrogen-bond acceptors (Lipinski definition) is 1. The molecule has 0 radical (unpaired) electrons. The first kappa shape index (κ1) is 16.3. The summed E-state index contributed by atoms with van der Waals surface area (Å²) in [5.41, 5.74) is 3.54. The Bertz CT molecular complexity index is 620. The van der Waals surface area contributed by atoms with Crippen LogP contribution >= 0.6 is 0 Å². The molecule has 2 rings (SSSR count). The second kappa shape index (κ2) is 5.61. The van der Waals surface area contributed by atoms with E-state index in [1.165, 1.54) is 0 Å². The quantitative estimate of drug-likeness (QED) is 0.695. The predicted molar refractivity (Wildman–Crippen MR) is 92.2 cm³/mol. The van der Waals surface area contributed by atoms with Gasteiger partial charge in [-0.15, -0.1) is 0 Å². The number of Topliss-reactive ketones (excluding diaryl/α,β-unsaturated/α-hetero) is 1. The summed E-state index contributed by atoms with van der Waals surface area (Å²) >= 11 is 0. The third kappa shape index (κ3) is 3.57. The Balaban J connectivity index is 2.56. The average Bonchev–Trinajstić information content (AvgIpc) is 2.39. The largest absolute Gasteiger partial charge is 0.289 e. The third-order valence-corrected chi connectivity index (χ3v) is 3.74. The minimum absolute atomic E-state index is 0.169. The van der Waals surface area contributed by atoms with Crippen molar-refractivity contribution in [2.45, 2.75) is 41.5 Å². The Morgan fingerprint density at radius 1 is 0.909 bits per heavy atom. The predicted octanol–water partition coefficient (Wildman–Crippen LogP) is 5.20. The molecule has 0 unspecified atom stereocenters. The van der Waals surface area contributed by atoms with Gasteiger partial charge in [-0.25, -0.2) is 0 Å². The van der Waals surface area contributed by atoms with E-state index in [9.17, 15) is 4.79 Å². The van der Waals surface area contributed by atoms with E-state index >= 15 is 0 Å². The average molecular weight is 292 g/mol. The molecular formula is C21H24O. The van der Waals surface area contributed by atoms with Crippen LogP contribution in [0.5, 0.6) is 0 Å².